The molecule has 0 bridgehead atoms. The second-order valence-electron chi connectivity index (χ2n) is 8.69. The average molecular weight is 509 g/mol. The number of benzene rings is 4. The van der Waals surface area contributed by atoms with E-state index in [-0.39, 0.29) is 34.3 Å². The van der Waals surface area contributed by atoms with Crippen LogP contribution in [0, 0.1) is 14.7 Å². The minimum atomic E-state index is -0.796. The Balaban J connectivity index is 1.72. The quantitative estimate of drug-likeness (QED) is 0.172. The molecule has 38 heavy (non-hydrogen) atoms. The normalized spacial score (nSPS) is 16.1. The van der Waals surface area contributed by atoms with Gasteiger partial charge in [-0.2, -0.15) is 0 Å². The third-order valence-corrected chi connectivity index (χ3v) is 6.30. The maximum Gasteiger partial charge on any atom is 0.150 e. The fraction of sp³-hybridized carbons (Fsp3) is 0.0714. The number of nitrogens with zero attached hydrogens (tertiary/aromatic N) is 3. The molecular weight excluding hydrogens is 490 g/mol. The highest BCUT2D eigenvalue weighted by atomic mass is 16.5. The maximum absolute atomic E-state index is 11.5. The molecule has 188 valence electrons. The van der Waals surface area contributed by atoms with E-state index >= 15 is 0 Å². The molecule has 3 N–H and O–H groups in total. The van der Waals surface area contributed by atoms with Gasteiger partial charge in [0.25, 0.3) is 0 Å². The summed E-state index contributed by atoms with van der Waals surface area (Å²) in [6, 6.07) is 18.1. The van der Waals surface area contributed by atoms with E-state index in [2.05, 4.69) is 15.5 Å². The van der Waals surface area contributed by atoms with E-state index in [0.29, 0.717) is 28.0 Å². The van der Waals surface area contributed by atoms with Crippen LogP contribution in [0.15, 0.2) is 88.3 Å². The number of aromatic hydroxyl groups is 3. The summed E-state index contributed by atoms with van der Waals surface area (Å²) in [7, 11) is 0. The van der Waals surface area contributed by atoms with E-state index in [1.807, 2.05) is 0 Å². The van der Waals surface area contributed by atoms with Crippen molar-refractivity contribution in [3.8, 4) is 23.0 Å². The zero-order chi connectivity index (χ0) is 26.8. The highest BCUT2D eigenvalue weighted by molar-refractivity contribution is 5.77. The standard InChI is InChI=1S/C28H19N3O7/c32-21-6-2-15(3-7-21)1-4-16-9-20(30-36)14-25-26(16)27(18-10-19(29-35)13-22(33)11-18)28(38-25)17-5-8-24(34)23(12-17)31-37/h1-14,27-28,32-34H/b4-1+. The van der Waals surface area contributed by atoms with Crippen molar-refractivity contribution in [2.24, 2.45) is 15.5 Å². The lowest BCUT2D eigenvalue weighted by Gasteiger charge is -2.21. The average Bonchev–Trinajstić information content (AvgIpc) is 3.32. The summed E-state index contributed by atoms with van der Waals surface area (Å²) < 4.78 is 6.28. The summed E-state index contributed by atoms with van der Waals surface area (Å²) in [5.41, 5.74) is 2.89. The molecule has 4 aromatic rings. The Kier molecular flexibility index (Phi) is 6.36. The molecule has 5 rings (SSSR count). The van der Waals surface area contributed by atoms with Gasteiger partial charge in [-0.3, -0.25) is 0 Å². The number of rotatable bonds is 7. The van der Waals surface area contributed by atoms with Crippen LogP contribution in [0.2, 0.25) is 0 Å². The van der Waals surface area contributed by atoms with Gasteiger partial charge in [-0.25, -0.2) is 0 Å². The van der Waals surface area contributed by atoms with Crippen LogP contribution in [0.4, 0.5) is 17.1 Å². The lowest BCUT2D eigenvalue weighted by atomic mass is 9.82. The molecule has 10 heteroatoms. The zero-order valence-corrected chi connectivity index (χ0v) is 19.6. The Morgan fingerprint density at radius 1 is 0.684 bits per heavy atom. The first-order chi connectivity index (χ1) is 18.4. The topological polar surface area (TPSA) is 158 Å². The SMILES string of the molecule is O=Nc1cc(O)cc(C2c3c(/C=C/c4ccc(O)cc4)cc(N=O)cc3OC2c2ccc(O)c(N=O)c2)c1. The van der Waals surface area contributed by atoms with E-state index < -0.39 is 12.0 Å². The highest BCUT2D eigenvalue weighted by Gasteiger charge is 2.39. The predicted octanol–water partition coefficient (Wildman–Crippen LogP) is 7.43. The first kappa shape index (κ1) is 24.3. The van der Waals surface area contributed by atoms with E-state index in [9.17, 15) is 30.0 Å². The molecule has 4 aromatic carbocycles. The first-order valence-electron chi connectivity index (χ1n) is 11.4. The predicted molar refractivity (Wildman–Crippen MR) is 141 cm³/mol. The molecule has 0 aromatic heterocycles. The highest BCUT2D eigenvalue weighted by Crippen LogP contribution is 2.54. The summed E-state index contributed by atoms with van der Waals surface area (Å²) in [5, 5.41) is 38.7. The van der Waals surface area contributed by atoms with Crippen LogP contribution in [0.1, 0.15) is 39.8 Å². The van der Waals surface area contributed by atoms with Crippen molar-refractivity contribution in [2.45, 2.75) is 12.0 Å². The van der Waals surface area contributed by atoms with Crippen LogP contribution in [0.3, 0.4) is 0 Å². The Labute approximate surface area is 215 Å². The van der Waals surface area contributed by atoms with Gasteiger partial charge in [0, 0.05) is 17.7 Å². The van der Waals surface area contributed by atoms with Gasteiger partial charge in [-0.1, -0.05) is 30.4 Å². The lowest BCUT2D eigenvalue weighted by Crippen LogP contribution is -2.12. The van der Waals surface area contributed by atoms with Gasteiger partial charge in [0.1, 0.15) is 46.2 Å². The first-order valence-corrected chi connectivity index (χ1v) is 11.4. The monoisotopic (exact) mass is 509 g/mol. The van der Waals surface area contributed by atoms with Crippen molar-refractivity contribution in [1.29, 1.82) is 0 Å². The second-order valence-corrected chi connectivity index (χ2v) is 8.69. The summed E-state index contributed by atoms with van der Waals surface area (Å²) in [4.78, 5) is 34.1. The number of fused-ring (bicyclic) bond motifs is 1. The van der Waals surface area contributed by atoms with Crippen LogP contribution in [-0.2, 0) is 0 Å². The molecular formula is C28H19N3O7. The number of nitroso groups, excluding NO2 is 3. The molecule has 2 atom stereocenters. The minimum Gasteiger partial charge on any atom is -0.508 e. The van der Waals surface area contributed by atoms with Crippen molar-refractivity contribution < 1.29 is 20.1 Å². The molecule has 1 heterocycles. The Morgan fingerprint density at radius 3 is 2.13 bits per heavy atom. The molecule has 2 unspecified atom stereocenters. The second kappa shape index (κ2) is 9.94. The molecule has 0 spiro atoms. The van der Waals surface area contributed by atoms with E-state index in [4.69, 9.17) is 4.74 Å². The van der Waals surface area contributed by atoms with E-state index in [1.54, 1.807) is 48.6 Å². The largest absolute Gasteiger partial charge is 0.508 e. The van der Waals surface area contributed by atoms with Gasteiger partial charge in [0.15, 0.2) is 0 Å². The summed E-state index contributed by atoms with van der Waals surface area (Å²) in [6.45, 7) is 0. The van der Waals surface area contributed by atoms with Crippen LogP contribution < -0.4 is 4.74 Å². The zero-order valence-electron chi connectivity index (χ0n) is 19.6. The number of hydrogen-bond acceptors (Lipinski definition) is 10. The summed E-state index contributed by atoms with van der Waals surface area (Å²) >= 11 is 0. The van der Waals surface area contributed by atoms with Crippen molar-refractivity contribution in [3.05, 3.63) is 115 Å². The van der Waals surface area contributed by atoms with Gasteiger partial charge < -0.3 is 20.1 Å². The van der Waals surface area contributed by atoms with Crippen molar-refractivity contribution >= 4 is 29.2 Å². The van der Waals surface area contributed by atoms with Gasteiger partial charge in [0.05, 0.1) is 5.92 Å². The molecule has 0 amide bonds. The fourth-order valence-corrected chi connectivity index (χ4v) is 4.62. The van der Waals surface area contributed by atoms with Crippen molar-refractivity contribution in [3.63, 3.8) is 0 Å². The smallest absolute Gasteiger partial charge is 0.150 e. The Bertz CT molecular complexity index is 1600. The summed E-state index contributed by atoms with van der Waals surface area (Å²) in [5.74, 6) is -0.668. The number of hydrogen-bond donors (Lipinski definition) is 3. The molecule has 0 saturated heterocycles. The molecule has 0 saturated carbocycles. The third-order valence-electron chi connectivity index (χ3n) is 6.30. The van der Waals surface area contributed by atoms with Crippen LogP contribution in [-0.4, -0.2) is 15.3 Å². The van der Waals surface area contributed by atoms with Gasteiger partial charge in [-0.15, -0.1) is 14.7 Å². The van der Waals surface area contributed by atoms with Crippen LogP contribution in [0.5, 0.6) is 23.0 Å². The van der Waals surface area contributed by atoms with Crippen LogP contribution >= 0.6 is 0 Å². The summed E-state index contributed by atoms with van der Waals surface area (Å²) in [6.07, 6.45) is 2.74. The van der Waals surface area contributed by atoms with Crippen molar-refractivity contribution in [1.82, 2.24) is 0 Å². The Hall–Kier alpha value is -5.38. The lowest BCUT2D eigenvalue weighted by molar-refractivity contribution is 0.222. The number of phenolic OH excluding ortho intramolecular Hbond substituents is 3. The molecule has 10 nitrogen and oxygen atoms in total. The number of phenols is 3. The van der Waals surface area contributed by atoms with Gasteiger partial charge in [-0.05, 0) is 80.2 Å². The van der Waals surface area contributed by atoms with Crippen LogP contribution in [0.25, 0.3) is 12.2 Å². The van der Waals surface area contributed by atoms with Crippen molar-refractivity contribution in [2.75, 3.05) is 0 Å². The number of ether oxygens (including phenoxy) is 1. The minimum absolute atomic E-state index is 0.000479. The molecule has 0 fully saturated rings. The molecule has 0 radical (unpaired) electrons. The molecule has 0 aliphatic carbocycles. The molecule has 1 aliphatic heterocycles. The van der Waals surface area contributed by atoms with Gasteiger partial charge in [0.2, 0.25) is 0 Å². The van der Waals surface area contributed by atoms with Gasteiger partial charge >= 0.3 is 0 Å². The van der Waals surface area contributed by atoms with E-state index in [1.165, 1.54) is 36.4 Å². The third kappa shape index (κ3) is 4.58. The maximum atomic E-state index is 11.5. The fourth-order valence-electron chi connectivity index (χ4n) is 4.62. The molecule has 1 aliphatic rings. The van der Waals surface area contributed by atoms with E-state index in [0.717, 1.165) is 5.56 Å². The Morgan fingerprint density at radius 2 is 1.42 bits per heavy atom.